The molecule has 0 saturated heterocycles. The Labute approximate surface area is 84.9 Å². The highest BCUT2D eigenvalue weighted by Crippen LogP contribution is 2.32. The maximum atomic E-state index is 12.5. The van der Waals surface area contributed by atoms with Crippen LogP contribution in [0.25, 0.3) is 10.9 Å². The number of rotatable bonds is 0. The van der Waals surface area contributed by atoms with E-state index in [1.54, 1.807) is 13.8 Å². The van der Waals surface area contributed by atoms with Crippen LogP contribution < -0.4 is 0 Å². The average molecular weight is 213 g/mol. The quantitative estimate of drug-likeness (QED) is 0.685. The molecule has 2 rings (SSSR count). The number of aromatic amines is 1. The van der Waals surface area contributed by atoms with Crippen molar-refractivity contribution in [2.45, 2.75) is 20.0 Å². The standard InChI is InChI=1S/C11H10F3N/c1-6-3-4-7(2)10-8(6)5-9(15-10)11(12,13)14/h3-5,15H,1-2H3. The molecule has 0 spiro atoms. The van der Waals surface area contributed by atoms with Crippen molar-refractivity contribution < 1.29 is 13.2 Å². The van der Waals surface area contributed by atoms with E-state index in [4.69, 9.17) is 0 Å². The van der Waals surface area contributed by atoms with Crippen LogP contribution in [-0.2, 0) is 6.18 Å². The summed E-state index contributed by atoms with van der Waals surface area (Å²) in [5.41, 5.74) is 1.56. The van der Waals surface area contributed by atoms with Gasteiger partial charge in [-0.05, 0) is 31.0 Å². The Morgan fingerprint density at radius 1 is 1.07 bits per heavy atom. The second kappa shape index (κ2) is 3.02. The van der Waals surface area contributed by atoms with Crippen molar-refractivity contribution in [3.8, 4) is 0 Å². The third-order valence-electron chi connectivity index (χ3n) is 2.53. The monoisotopic (exact) mass is 213 g/mol. The van der Waals surface area contributed by atoms with Crippen LogP contribution in [0, 0.1) is 13.8 Å². The van der Waals surface area contributed by atoms with Crippen LogP contribution >= 0.6 is 0 Å². The molecule has 0 bridgehead atoms. The van der Waals surface area contributed by atoms with Crippen LogP contribution in [0.1, 0.15) is 16.8 Å². The second-order valence-electron chi connectivity index (χ2n) is 3.67. The molecule has 1 aromatic carbocycles. The molecule has 4 heteroatoms. The Hall–Kier alpha value is -1.45. The summed E-state index contributed by atoms with van der Waals surface area (Å²) in [4.78, 5) is 2.42. The molecular weight excluding hydrogens is 203 g/mol. The summed E-state index contributed by atoms with van der Waals surface area (Å²) >= 11 is 0. The van der Waals surface area contributed by atoms with Crippen molar-refractivity contribution in [3.63, 3.8) is 0 Å². The number of benzene rings is 1. The van der Waals surface area contributed by atoms with Gasteiger partial charge in [-0.25, -0.2) is 0 Å². The minimum Gasteiger partial charge on any atom is -0.351 e. The summed E-state index contributed by atoms with van der Waals surface area (Å²) < 4.78 is 37.4. The lowest BCUT2D eigenvalue weighted by atomic mass is 10.1. The van der Waals surface area contributed by atoms with E-state index in [9.17, 15) is 13.2 Å². The van der Waals surface area contributed by atoms with E-state index < -0.39 is 11.9 Å². The van der Waals surface area contributed by atoms with E-state index in [0.29, 0.717) is 10.9 Å². The predicted octanol–water partition coefficient (Wildman–Crippen LogP) is 3.80. The third kappa shape index (κ3) is 1.60. The second-order valence-corrected chi connectivity index (χ2v) is 3.67. The number of H-pyrrole nitrogens is 1. The number of nitrogens with one attached hydrogen (secondary N) is 1. The van der Waals surface area contributed by atoms with Gasteiger partial charge in [0.1, 0.15) is 5.69 Å². The number of halogens is 3. The first-order valence-corrected chi connectivity index (χ1v) is 4.55. The molecule has 0 saturated carbocycles. The van der Waals surface area contributed by atoms with Gasteiger partial charge in [0.05, 0.1) is 0 Å². The van der Waals surface area contributed by atoms with E-state index >= 15 is 0 Å². The van der Waals surface area contributed by atoms with Crippen LogP contribution in [0.15, 0.2) is 18.2 Å². The lowest BCUT2D eigenvalue weighted by molar-refractivity contribution is -0.140. The van der Waals surface area contributed by atoms with E-state index in [0.717, 1.165) is 17.2 Å². The largest absolute Gasteiger partial charge is 0.431 e. The number of hydrogen-bond acceptors (Lipinski definition) is 0. The van der Waals surface area contributed by atoms with Gasteiger partial charge in [0, 0.05) is 10.9 Å². The average Bonchev–Trinajstić information content (AvgIpc) is 2.56. The fraction of sp³-hybridized carbons (Fsp3) is 0.273. The number of fused-ring (bicyclic) bond motifs is 1. The molecule has 1 heterocycles. The van der Waals surface area contributed by atoms with Gasteiger partial charge < -0.3 is 4.98 Å². The van der Waals surface area contributed by atoms with Crippen molar-refractivity contribution >= 4 is 10.9 Å². The number of alkyl halides is 3. The molecule has 0 aliphatic heterocycles. The Bertz CT molecular complexity index is 469. The molecule has 0 aliphatic rings. The highest BCUT2D eigenvalue weighted by molar-refractivity contribution is 5.86. The molecule has 15 heavy (non-hydrogen) atoms. The molecule has 0 amide bonds. The fourth-order valence-electron chi connectivity index (χ4n) is 1.65. The first-order chi connectivity index (χ1) is 6.89. The fourth-order valence-corrected chi connectivity index (χ4v) is 1.65. The number of aryl methyl sites for hydroxylation is 2. The molecule has 0 atom stereocenters. The van der Waals surface area contributed by atoms with Crippen molar-refractivity contribution in [1.29, 1.82) is 0 Å². The zero-order chi connectivity index (χ0) is 11.2. The zero-order valence-corrected chi connectivity index (χ0v) is 8.37. The first-order valence-electron chi connectivity index (χ1n) is 4.55. The highest BCUT2D eigenvalue weighted by atomic mass is 19.4. The topological polar surface area (TPSA) is 15.8 Å². The molecule has 1 N–H and O–H groups in total. The van der Waals surface area contributed by atoms with Gasteiger partial charge in [-0.15, -0.1) is 0 Å². The van der Waals surface area contributed by atoms with Crippen LogP contribution in [0.3, 0.4) is 0 Å². The van der Waals surface area contributed by atoms with Gasteiger partial charge in [-0.3, -0.25) is 0 Å². The Kier molecular flexibility index (Phi) is 2.03. The molecule has 80 valence electrons. The lowest BCUT2D eigenvalue weighted by Crippen LogP contribution is -2.04. The summed E-state index contributed by atoms with van der Waals surface area (Å²) in [6, 6.07) is 4.80. The maximum Gasteiger partial charge on any atom is 0.431 e. The van der Waals surface area contributed by atoms with Crippen LogP contribution in [-0.4, -0.2) is 4.98 Å². The van der Waals surface area contributed by atoms with Crippen LogP contribution in [0.2, 0.25) is 0 Å². The SMILES string of the molecule is Cc1ccc(C)c2[nH]c(C(F)(F)F)cc12. The molecule has 0 aliphatic carbocycles. The number of aromatic nitrogens is 1. The van der Waals surface area contributed by atoms with Gasteiger partial charge >= 0.3 is 6.18 Å². The zero-order valence-electron chi connectivity index (χ0n) is 8.37. The Balaban J connectivity index is 2.76. The van der Waals surface area contributed by atoms with Gasteiger partial charge in [-0.2, -0.15) is 13.2 Å². The molecule has 0 fully saturated rings. The lowest BCUT2D eigenvalue weighted by Gasteiger charge is -2.01. The highest BCUT2D eigenvalue weighted by Gasteiger charge is 2.32. The van der Waals surface area contributed by atoms with Gasteiger partial charge in [-0.1, -0.05) is 12.1 Å². The minimum atomic E-state index is -4.31. The molecule has 0 unspecified atom stereocenters. The van der Waals surface area contributed by atoms with Crippen LogP contribution in [0.4, 0.5) is 13.2 Å². The summed E-state index contributed by atoms with van der Waals surface area (Å²) in [5, 5.41) is 0.641. The Morgan fingerprint density at radius 2 is 1.67 bits per heavy atom. The van der Waals surface area contributed by atoms with E-state index in [1.807, 2.05) is 12.1 Å². The molecule has 2 aromatic rings. The first kappa shape index (κ1) is 10.1. The summed E-state index contributed by atoms with van der Waals surface area (Å²) in [7, 11) is 0. The third-order valence-corrected chi connectivity index (χ3v) is 2.53. The van der Waals surface area contributed by atoms with Crippen LogP contribution in [0.5, 0.6) is 0 Å². The molecule has 0 radical (unpaired) electrons. The van der Waals surface area contributed by atoms with Crippen molar-refractivity contribution in [2.24, 2.45) is 0 Å². The maximum absolute atomic E-state index is 12.5. The summed E-state index contributed by atoms with van der Waals surface area (Å²) in [6.07, 6.45) is -4.31. The van der Waals surface area contributed by atoms with E-state index in [-0.39, 0.29) is 0 Å². The van der Waals surface area contributed by atoms with E-state index in [2.05, 4.69) is 4.98 Å². The van der Waals surface area contributed by atoms with Gasteiger partial charge in [0.25, 0.3) is 0 Å². The smallest absolute Gasteiger partial charge is 0.351 e. The van der Waals surface area contributed by atoms with Gasteiger partial charge in [0.15, 0.2) is 0 Å². The summed E-state index contributed by atoms with van der Waals surface area (Å²) in [5.74, 6) is 0. The van der Waals surface area contributed by atoms with Crippen molar-refractivity contribution in [2.75, 3.05) is 0 Å². The minimum absolute atomic E-state index is 0.572. The molecule has 1 aromatic heterocycles. The summed E-state index contributed by atoms with van der Waals surface area (Å²) in [6.45, 7) is 3.59. The predicted molar refractivity (Wildman–Crippen MR) is 52.8 cm³/mol. The number of hydrogen-bond donors (Lipinski definition) is 1. The van der Waals surface area contributed by atoms with E-state index in [1.165, 1.54) is 0 Å². The molecular formula is C11H10F3N. The molecule has 1 nitrogen and oxygen atoms in total. The normalized spacial score (nSPS) is 12.3. The van der Waals surface area contributed by atoms with Gasteiger partial charge in [0.2, 0.25) is 0 Å². The van der Waals surface area contributed by atoms with Crippen molar-refractivity contribution in [1.82, 2.24) is 4.98 Å². The Morgan fingerprint density at radius 3 is 2.20 bits per heavy atom. The van der Waals surface area contributed by atoms with Crippen molar-refractivity contribution in [3.05, 3.63) is 35.0 Å².